The Morgan fingerprint density at radius 2 is 2.17 bits per heavy atom. The molecular weight excluding hydrogens is 191 g/mol. The molecule has 1 aromatic carbocycles. The molecule has 0 bridgehead atoms. The maximum absolute atomic E-state index is 12.8. The van der Waals surface area contributed by atoms with Crippen LogP contribution in [0.25, 0.3) is 0 Å². The molecule has 0 saturated heterocycles. The van der Waals surface area contributed by atoms with Gasteiger partial charge in [-0.2, -0.15) is 0 Å². The lowest BCUT2D eigenvalue weighted by atomic mass is 10.1. The third-order valence-electron chi connectivity index (χ3n) is 1.81. The van der Waals surface area contributed by atoms with Gasteiger partial charge in [0.05, 0.1) is 0 Å². The number of benzene rings is 1. The molecule has 0 saturated carbocycles. The summed E-state index contributed by atoms with van der Waals surface area (Å²) in [6, 6.07) is 5.17. The van der Waals surface area contributed by atoms with E-state index >= 15 is 0 Å². The molecule has 1 atom stereocenters. The van der Waals surface area contributed by atoms with Crippen LogP contribution in [0.4, 0.5) is 4.39 Å². The van der Waals surface area contributed by atoms with Gasteiger partial charge < -0.3 is 0 Å². The molecule has 0 aliphatic carbocycles. The van der Waals surface area contributed by atoms with Gasteiger partial charge >= 0.3 is 0 Å². The number of halogens is 1. The summed E-state index contributed by atoms with van der Waals surface area (Å²) in [6.07, 6.45) is 0. The summed E-state index contributed by atoms with van der Waals surface area (Å²) < 4.78 is 12.8. The second kappa shape index (κ2) is 4.19. The number of hydrogen-bond donors (Lipinski definition) is 1. The summed E-state index contributed by atoms with van der Waals surface area (Å²) in [4.78, 5) is 0. The highest BCUT2D eigenvalue weighted by Gasteiger charge is 2.05. The fourth-order valence-electron chi connectivity index (χ4n) is 0.982. The van der Waals surface area contributed by atoms with Crippen molar-refractivity contribution >= 4 is 22.5 Å². The van der Waals surface area contributed by atoms with E-state index in [1.807, 2.05) is 13.0 Å². The van der Waals surface area contributed by atoms with E-state index in [9.17, 15) is 4.39 Å². The largest absolute Gasteiger partial charge is 0.207 e. The van der Waals surface area contributed by atoms with Crippen LogP contribution in [0.5, 0.6) is 0 Å². The average molecular weight is 202 g/mol. The molecule has 0 N–H and O–H groups in total. The van der Waals surface area contributed by atoms with Crippen LogP contribution in [-0.4, -0.2) is 0 Å². The molecule has 12 heavy (non-hydrogen) atoms. The van der Waals surface area contributed by atoms with Crippen molar-refractivity contribution in [1.29, 1.82) is 0 Å². The van der Waals surface area contributed by atoms with Crippen LogP contribution in [0.3, 0.4) is 0 Å². The van der Waals surface area contributed by atoms with Crippen LogP contribution in [-0.2, 0) is 0 Å². The van der Waals surface area contributed by atoms with Gasteiger partial charge in [0.1, 0.15) is 5.82 Å². The molecule has 0 amide bonds. The summed E-state index contributed by atoms with van der Waals surface area (Å²) in [6.45, 7) is 3.82. The van der Waals surface area contributed by atoms with Gasteiger partial charge in [0, 0.05) is 5.25 Å². The normalized spacial score (nSPS) is 13.0. The van der Waals surface area contributed by atoms with Crippen LogP contribution in [0.2, 0.25) is 0 Å². The number of aryl methyl sites for hydroxylation is 1. The molecule has 1 aromatic rings. The van der Waals surface area contributed by atoms with Crippen LogP contribution >= 0.6 is 22.5 Å². The van der Waals surface area contributed by atoms with E-state index in [-0.39, 0.29) is 5.82 Å². The SMILES string of the molecule is Cc1cc(C(C)SS)ccc1F. The zero-order valence-electron chi connectivity index (χ0n) is 7.04. The van der Waals surface area contributed by atoms with E-state index in [2.05, 4.69) is 11.7 Å². The Morgan fingerprint density at radius 3 is 2.67 bits per heavy atom. The lowest BCUT2D eigenvalue weighted by molar-refractivity contribution is 0.617. The van der Waals surface area contributed by atoms with Crippen LogP contribution < -0.4 is 0 Å². The van der Waals surface area contributed by atoms with Crippen LogP contribution in [0.15, 0.2) is 18.2 Å². The van der Waals surface area contributed by atoms with E-state index in [4.69, 9.17) is 0 Å². The van der Waals surface area contributed by atoms with E-state index in [1.165, 1.54) is 16.9 Å². The van der Waals surface area contributed by atoms with Crippen molar-refractivity contribution < 1.29 is 4.39 Å². The van der Waals surface area contributed by atoms with E-state index in [1.54, 1.807) is 13.0 Å². The highest BCUT2D eigenvalue weighted by molar-refractivity contribution is 8.68. The minimum Gasteiger partial charge on any atom is -0.207 e. The Bertz CT molecular complexity index is 273. The van der Waals surface area contributed by atoms with Crippen molar-refractivity contribution in [1.82, 2.24) is 0 Å². The van der Waals surface area contributed by atoms with E-state index in [0.29, 0.717) is 10.8 Å². The molecular formula is C9H11FS2. The molecule has 1 unspecified atom stereocenters. The van der Waals surface area contributed by atoms with Crippen LogP contribution in [0, 0.1) is 12.7 Å². The molecule has 0 nitrogen and oxygen atoms in total. The first-order chi connectivity index (χ1) is 5.65. The molecule has 0 radical (unpaired) electrons. The summed E-state index contributed by atoms with van der Waals surface area (Å²) in [5, 5.41) is 0.313. The van der Waals surface area contributed by atoms with Gasteiger partial charge in [-0.15, -0.1) is 11.7 Å². The van der Waals surface area contributed by atoms with Crippen molar-refractivity contribution in [3.63, 3.8) is 0 Å². The predicted octanol–water partition coefficient (Wildman–Crippen LogP) is 3.77. The monoisotopic (exact) mass is 202 g/mol. The first-order valence-electron chi connectivity index (χ1n) is 3.71. The topological polar surface area (TPSA) is 0 Å². The third kappa shape index (κ3) is 2.17. The first-order valence-corrected chi connectivity index (χ1v) is 5.64. The van der Waals surface area contributed by atoms with Crippen molar-refractivity contribution in [2.75, 3.05) is 0 Å². The van der Waals surface area contributed by atoms with Crippen molar-refractivity contribution in [3.05, 3.63) is 35.1 Å². The van der Waals surface area contributed by atoms with E-state index in [0.717, 1.165) is 5.56 Å². The minimum absolute atomic E-state index is 0.143. The maximum Gasteiger partial charge on any atom is 0.126 e. The highest BCUT2D eigenvalue weighted by Crippen LogP contribution is 2.31. The summed E-state index contributed by atoms with van der Waals surface area (Å²) in [7, 11) is 1.46. The number of rotatable bonds is 2. The number of thiol groups is 1. The van der Waals surface area contributed by atoms with Gasteiger partial charge in [0.2, 0.25) is 0 Å². The van der Waals surface area contributed by atoms with Gasteiger partial charge in [-0.1, -0.05) is 22.9 Å². The second-order valence-electron chi connectivity index (χ2n) is 2.76. The van der Waals surface area contributed by atoms with Crippen LogP contribution in [0.1, 0.15) is 23.3 Å². The molecule has 0 aromatic heterocycles. The Kier molecular flexibility index (Phi) is 3.47. The fraction of sp³-hybridized carbons (Fsp3) is 0.333. The predicted molar refractivity (Wildman–Crippen MR) is 56.1 cm³/mol. The average Bonchev–Trinajstić information content (AvgIpc) is 2.08. The molecule has 66 valence electrons. The molecule has 3 heteroatoms. The Morgan fingerprint density at radius 1 is 1.50 bits per heavy atom. The lowest BCUT2D eigenvalue weighted by Crippen LogP contribution is -1.89. The summed E-state index contributed by atoms with van der Waals surface area (Å²) >= 11 is 4.11. The molecule has 0 aliphatic rings. The first kappa shape index (κ1) is 9.93. The molecule has 1 rings (SSSR count). The zero-order chi connectivity index (χ0) is 9.14. The van der Waals surface area contributed by atoms with Crippen molar-refractivity contribution in [2.45, 2.75) is 19.1 Å². The van der Waals surface area contributed by atoms with Gasteiger partial charge in [0.15, 0.2) is 0 Å². The quantitative estimate of drug-likeness (QED) is 0.562. The van der Waals surface area contributed by atoms with Gasteiger partial charge in [0.25, 0.3) is 0 Å². The Balaban J connectivity index is 2.96. The summed E-state index contributed by atoms with van der Waals surface area (Å²) in [5.41, 5.74) is 1.82. The van der Waals surface area contributed by atoms with Gasteiger partial charge in [-0.3, -0.25) is 0 Å². The molecule has 0 heterocycles. The maximum atomic E-state index is 12.8. The third-order valence-corrected chi connectivity index (χ3v) is 3.35. The second-order valence-corrected chi connectivity index (χ2v) is 4.31. The Labute approximate surface area is 81.4 Å². The standard InChI is InChI=1S/C9H11FS2/c1-6-5-8(7(2)12-11)3-4-9(6)10/h3-5,7,11H,1-2H3. The van der Waals surface area contributed by atoms with Gasteiger partial charge in [-0.05, 0) is 31.0 Å². The summed E-state index contributed by atoms with van der Waals surface area (Å²) in [5.74, 6) is -0.143. The molecule has 0 spiro atoms. The lowest BCUT2D eigenvalue weighted by Gasteiger charge is -2.08. The van der Waals surface area contributed by atoms with Crippen molar-refractivity contribution in [3.8, 4) is 0 Å². The number of hydrogen-bond acceptors (Lipinski definition) is 2. The van der Waals surface area contributed by atoms with Gasteiger partial charge in [-0.25, -0.2) is 4.39 Å². The highest BCUT2D eigenvalue weighted by atomic mass is 33.1. The minimum atomic E-state index is -0.143. The zero-order valence-corrected chi connectivity index (χ0v) is 8.75. The fourth-order valence-corrected chi connectivity index (χ4v) is 1.62. The molecule has 0 aliphatic heterocycles. The smallest absolute Gasteiger partial charge is 0.126 e. The van der Waals surface area contributed by atoms with Crippen molar-refractivity contribution in [2.24, 2.45) is 0 Å². The Hall–Kier alpha value is -0.150. The molecule has 0 fully saturated rings. The van der Waals surface area contributed by atoms with E-state index < -0.39 is 0 Å².